The Morgan fingerprint density at radius 3 is 2.61 bits per heavy atom. The molecule has 0 unspecified atom stereocenters. The molecule has 0 saturated heterocycles. The van der Waals surface area contributed by atoms with Crippen LogP contribution in [0.4, 0.5) is 10.5 Å². The molecule has 0 spiro atoms. The molecule has 2 rings (SSSR count). The molecule has 0 N–H and O–H groups in total. The third kappa shape index (κ3) is 2.88. The van der Waals surface area contributed by atoms with Gasteiger partial charge in [0.2, 0.25) is 0 Å². The van der Waals surface area contributed by atoms with Gasteiger partial charge in [0.1, 0.15) is 5.75 Å². The second-order valence-electron chi connectivity index (χ2n) is 4.00. The van der Waals surface area contributed by atoms with Gasteiger partial charge in [0.15, 0.2) is 0 Å². The first-order valence-electron chi connectivity index (χ1n) is 5.65. The van der Waals surface area contributed by atoms with E-state index in [4.69, 9.17) is 4.74 Å². The van der Waals surface area contributed by atoms with E-state index in [0.29, 0.717) is 5.75 Å². The van der Waals surface area contributed by atoms with Crippen LogP contribution < -0.4 is 9.64 Å². The smallest absolute Gasteiger partial charge is 0.410 e. The number of hydrogen-bond donors (Lipinski definition) is 0. The number of carbonyl (C=O) groups excluding carboxylic acids is 1. The number of aryl methyl sites for hydroxylation is 1. The maximum Gasteiger partial charge on any atom is 0.419 e. The Balaban J connectivity index is 2.10. The van der Waals surface area contributed by atoms with Crippen LogP contribution in [-0.2, 0) is 0 Å². The number of amides is 1. The Morgan fingerprint density at radius 1 is 1.22 bits per heavy atom. The van der Waals surface area contributed by atoms with Gasteiger partial charge in [-0.3, -0.25) is 4.90 Å². The van der Waals surface area contributed by atoms with Crippen molar-refractivity contribution in [3.8, 4) is 5.75 Å². The molecule has 91 valence electrons. The van der Waals surface area contributed by atoms with Gasteiger partial charge in [0, 0.05) is 12.7 Å². The maximum atomic E-state index is 11.9. The zero-order valence-corrected chi connectivity index (χ0v) is 10.4. The van der Waals surface area contributed by atoms with E-state index >= 15 is 0 Å². The normalized spacial score (nSPS) is 9.89. The maximum absolute atomic E-state index is 11.9. The van der Waals surface area contributed by atoms with Crippen molar-refractivity contribution in [2.45, 2.75) is 6.92 Å². The second kappa shape index (κ2) is 5.36. The lowest BCUT2D eigenvalue weighted by Crippen LogP contribution is -2.29. The second-order valence-corrected chi connectivity index (χ2v) is 4.00. The third-order valence-electron chi connectivity index (χ3n) is 2.56. The topological polar surface area (TPSA) is 29.5 Å². The Hall–Kier alpha value is -2.29. The van der Waals surface area contributed by atoms with Gasteiger partial charge in [-0.05, 0) is 42.8 Å². The summed E-state index contributed by atoms with van der Waals surface area (Å²) in [6.07, 6.45) is -0.410. The summed E-state index contributed by atoms with van der Waals surface area (Å²) in [6, 6.07) is 17.4. The highest BCUT2D eigenvalue weighted by Crippen LogP contribution is 2.16. The number of benzene rings is 2. The summed E-state index contributed by atoms with van der Waals surface area (Å²) < 4.78 is 5.24. The molecule has 1 amide bonds. The molecule has 0 aromatic heterocycles. The lowest BCUT2D eigenvalue weighted by atomic mass is 10.2. The SMILES string of the molecule is Cc1cccc(N(C)C(=O)Oc2cc[c]cc2)c1. The fraction of sp³-hybridized carbons (Fsp3) is 0.133. The molecule has 18 heavy (non-hydrogen) atoms. The number of hydrogen-bond acceptors (Lipinski definition) is 2. The van der Waals surface area contributed by atoms with E-state index in [1.807, 2.05) is 31.2 Å². The fourth-order valence-electron chi connectivity index (χ4n) is 1.55. The van der Waals surface area contributed by atoms with Crippen LogP contribution in [0.5, 0.6) is 5.75 Å². The standard InChI is InChI=1S/C15H14NO2/c1-12-7-6-8-13(11-12)16(2)15(17)18-14-9-4-3-5-10-14/h4-11H,1-2H3. The number of anilines is 1. The molecule has 3 nitrogen and oxygen atoms in total. The van der Waals surface area contributed by atoms with Gasteiger partial charge in [-0.25, -0.2) is 4.79 Å². The minimum absolute atomic E-state index is 0.410. The first-order valence-corrected chi connectivity index (χ1v) is 5.65. The van der Waals surface area contributed by atoms with Gasteiger partial charge < -0.3 is 4.74 Å². The summed E-state index contributed by atoms with van der Waals surface area (Å²) in [6.45, 7) is 1.98. The summed E-state index contributed by atoms with van der Waals surface area (Å²) in [4.78, 5) is 13.4. The zero-order chi connectivity index (χ0) is 13.0. The zero-order valence-electron chi connectivity index (χ0n) is 10.4. The lowest BCUT2D eigenvalue weighted by molar-refractivity contribution is 0.209. The van der Waals surface area contributed by atoms with E-state index < -0.39 is 6.09 Å². The number of ether oxygens (including phenoxy) is 1. The third-order valence-corrected chi connectivity index (χ3v) is 2.56. The molecule has 0 aliphatic heterocycles. The molecule has 3 heteroatoms. The summed E-state index contributed by atoms with van der Waals surface area (Å²) in [7, 11) is 1.69. The predicted octanol–water partition coefficient (Wildman–Crippen LogP) is 3.43. The summed E-state index contributed by atoms with van der Waals surface area (Å²) in [5.41, 5.74) is 1.91. The van der Waals surface area contributed by atoms with Gasteiger partial charge in [-0.2, -0.15) is 0 Å². The van der Waals surface area contributed by atoms with Crippen molar-refractivity contribution in [1.29, 1.82) is 0 Å². The minimum Gasteiger partial charge on any atom is -0.410 e. The monoisotopic (exact) mass is 240 g/mol. The largest absolute Gasteiger partial charge is 0.419 e. The van der Waals surface area contributed by atoms with Crippen molar-refractivity contribution in [1.82, 2.24) is 0 Å². The van der Waals surface area contributed by atoms with E-state index in [-0.39, 0.29) is 0 Å². The number of carbonyl (C=O) groups is 1. The van der Waals surface area contributed by atoms with Crippen molar-refractivity contribution < 1.29 is 9.53 Å². The van der Waals surface area contributed by atoms with E-state index in [1.54, 1.807) is 31.3 Å². The molecule has 2 aromatic rings. The van der Waals surface area contributed by atoms with Crippen LogP contribution in [0.2, 0.25) is 0 Å². The Kier molecular flexibility index (Phi) is 3.63. The molecule has 0 aliphatic carbocycles. The van der Waals surface area contributed by atoms with Gasteiger partial charge in [-0.15, -0.1) is 0 Å². The molecule has 0 heterocycles. The van der Waals surface area contributed by atoms with Crippen LogP contribution in [0.25, 0.3) is 0 Å². The molecule has 0 bridgehead atoms. The highest BCUT2D eigenvalue weighted by Gasteiger charge is 2.12. The van der Waals surface area contributed by atoms with Crippen LogP contribution in [0.3, 0.4) is 0 Å². The summed E-state index contributed by atoms with van der Waals surface area (Å²) in [5, 5.41) is 0. The first-order chi connectivity index (χ1) is 8.66. The van der Waals surface area contributed by atoms with Gasteiger partial charge in [-0.1, -0.05) is 24.3 Å². The molecule has 1 radical (unpaired) electrons. The van der Waals surface area contributed by atoms with Crippen LogP contribution in [0.1, 0.15) is 5.56 Å². The highest BCUT2D eigenvalue weighted by atomic mass is 16.6. The van der Waals surface area contributed by atoms with Gasteiger partial charge in [0.25, 0.3) is 0 Å². The van der Waals surface area contributed by atoms with Crippen LogP contribution in [0, 0.1) is 13.0 Å². The Labute approximate surface area is 107 Å². The summed E-state index contributed by atoms with van der Waals surface area (Å²) in [5.74, 6) is 0.512. The lowest BCUT2D eigenvalue weighted by Gasteiger charge is -2.17. The molecule has 0 aliphatic rings. The van der Waals surface area contributed by atoms with Crippen molar-refractivity contribution in [2.24, 2.45) is 0 Å². The van der Waals surface area contributed by atoms with Gasteiger partial charge in [0.05, 0.1) is 0 Å². The molecule has 0 saturated carbocycles. The van der Waals surface area contributed by atoms with E-state index in [1.165, 1.54) is 4.90 Å². The predicted molar refractivity (Wildman–Crippen MR) is 70.9 cm³/mol. The first kappa shape index (κ1) is 12.2. The van der Waals surface area contributed by atoms with Gasteiger partial charge >= 0.3 is 6.09 Å². The van der Waals surface area contributed by atoms with Crippen LogP contribution in [-0.4, -0.2) is 13.1 Å². The fourth-order valence-corrected chi connectivity index (χ4v) is 1.55. The highest BCUT2D eigenvalue weighted by molar-refractivity contribution is 5.88. The molecular weight excluding hydrogens is 226 g/mol. The Bertz CT molecular complexity index is 537. The molecule has 2 aromatic carbocycles. The van der Waals surface area contributed by atoms with Crippen molar-refractivity contribution in [2.75, 3.05) is 11.9 Å². The number of rotatable bonds is 2. The molecule has 0 atom stereocenters. The van der Waals surface area contributed by atoms with Crippen molar-refractivity contribution in [3.63, 3.8) is 0 Å². The van der Waals surface area contributed by atoms with Crippen molar-refractivity contribution >= 4 is 11.8 Å². The van der Waals surface area contributed by atoms with Crippen LogP contribution in [0.15, 0.2) is 48.5 Å². The average molecular weight is 240 g/mol. The Morgan fingerprint density at radius 2 is 1.94 bits per heavy atom. The molecule has 0 fully saturated rings. The van der Waals surface area contributed by atoms with Crippen molar-refractivity contribution in [3.05, 3.63) is 60.2 Å². The molecular formula is C15H14NO2. The number of nitrogens with zero attached hydrogens (tertiary/aromatic N) is 1. The van der Waals surface area contributed by atoms with Crippen LogP contribution >= 0.6 is 0 Å². The average Bonchev–Trinajstić information content (AvgIpc) is 2.39. The quantitative estimate of drug-likeness (QED) is 0.804. The summed E-state index contributed by atoms with van der Waals surface area (Å²) >= 11 is 0. The van der Waals surface area contributed by atoms with E-state index in [2.05, 4.69) is 6.07 Å². The van der Waals surface area contributed by atoms with E-state index in [9.17, 15) is 4.79 Å². The van der Waals surface area contributed by atoms with E-state index in [0.717, 1.165) is 11.3 Å². The minimum atomic E-state index is -0.410.